The molecule has 4 nitrogen and oxygen atoms in total. The molecule has 0 spiro atoms. The van der Waals surface area contributed by atoms with Gasteiger partial charge in [-0.1, -0.05) is 42.8 Å². The number of carbonyl (C=O) groups excluding carboxylic acids is 2. The van der Waals surface area contributed by atoms with Crippen molar-refractivity contribution >= 4 is 46.7 Å². The van der Waals surface area contributed by atoms with E-state index in [1.807, 2.05) is 60.8 Å². The van der Waals surface area contributed by atoms with Gasteiger partial charge in [-0.25, -0.2) is 0 Å². The van der Waals surface area contributed by atoms with Crippen molar-refractivity contribution in [3.63, 3.8) is 0 Å². The van der Waals surface area contributed by atoms with E-state index in [-0.39, 0.29) is 17.5 Å². The van der Waals surface area contributed by atoms with Crippen LogP contribution in [0.1, 0.15) is 27.7 Å². The summed E-state index contributed by atoms with van der Waals surface area (Å²) in [4.78, 5) is 27.6. The Morgan fingerprint density at radius 2 is 1.90 bits per heavy atom. The molecule has 0 radical (unpaired) electrons. The highest BCUT2D eigenvalue weighted by molar-refractivity contribution is 7.99. The molecule has 3 aromatic rings. The number of hydrogen-bond acceptors (Lipinski definition) is 4. The van der Waals surface area contributed by atoms with Crippen molar-refractivity contribution in [2.45, 2.75) is 18.7 Å². The van der Waals surface area contributed by atoms with E-state index in [9.17, 15) is 9.59 Å². The van der Waals surface area contributed by atoms with E-state index in [1.54, 1.807) is 30.0 Å². The van der Waals surface area contributed by atoms with Gasteiger partial charge in [-0.3, -0.25) is 9.59 Å². The van der Waals surface area contributed by atoms with E-state index in [0.717, 1.165) is 26.8 Å². The summed E-state index contributed by atoms with van der Waals surface area (Å²) in [6.07, 6.45) is 1.70. The van der Waals surface area contributed by atoms with Crippen LogP contribution in [-0.2, 0) is 4.79 Å². The standard InChI is InChI=1S/C23H22N2O2S2/c1-3-28-21-12-5-4-11-19(21)24-23(27)20(15-18-10-7-13-29-18)25-22(26)17-9-6-8-16(2)14-17/h4-15H,3H2,1-2H3,(H,24,27)(H,25,26)/b20-15-. The first kappa shape index (κ1) is 20.9. The zero-order chi connectivity index (χ0) is 20.6. The van der Waals surface area contributed by atoms with Gasteiger partial charge < -0.3 is 10.6 Å². The zero-order valence-electron chi connectivity index (χ0n) is 16.3. The van der Waals surface area contributed by atoms with Gasteiger partial charge in [0.05, 0.1) is 5.69 Å². The maximum Gasteiger partial charge on any atom is 0.272 e. The zero-order valence-corrected chi connectivity index (χ0v) is 17.9. The van der Waals surface area contributed by atoms with Gasteiger partial charge in [0.1, 0.15) is 5.70 Å². The van der Waals surface area contributed by atoms with E-state index in [1.165, 1.54) is 11.3 Å². The Hall–Kier alpha value is -2.83. The summed E-state index contributed by atoms with van der Waals surface area (Å²) >= 11 is 3.15. The van der Waals surface area contributed by atoms with Crippen LogP contribution < -0.4 is 10.6 Å². The SMILES string of the molecule is CCSc1ccccc1NC(=O)/C(=C/c1cccs1)NC(=O)c1cccc(C)c1. The van der Waals surface area contributed by atoms with Gasteiger partial charge in [0, 0.05) is 15.3 Å². The molecule has 3 rings (SSSR count). The normalized spacial score (nSPS) is 11.2. The third-order valence-electron chi connectivity index (χ3n) is 4.04. The molecule has 6 heteroatoms. The Kier molecular flexibility index (Phi) is 7.27. The number of hydrogen-bond donors (Lipinski definition) is 2. The smallest absolute Gasteiger partial charge is 0.272 e. The van der Waals surface area contributed by atoms with Crippen LogP contribution in [0.4, 0.5) is 5.69 Å². The van der Waals surface area contributed by atoms with Gasteiger partial charge in [0.25, 0.3) is 11.8 Å². The first-order chi connectivity index (χ1) is 14.1. The van der Waals surface area contributed by atoms with Crippen molar-refractivity contribution in [1.82, 2.24) is 5.32 Å². The predicted octanol–water partition coefficient (Wildman–Crippen LogP) is 5.58. The Morgan fingerprint density at radius 1 is 1.07 bits per heavy atom. The van der Waals surface area contributed by atoms with E-state index in [0.29, 0.717) is 5.56 Å². The summed E-state index contributed by atoms with van der Waals surface area (Å²) < 4.78 is 0. The number of rotatable bonds is 7. The molecule has 0 unspecified atom stereocenters. The number of carbonyl (C=O) groups is 2. The molecule has 29 heavy (non-hydrogen) atoms. The molecule has 2 amide bonds. The summed E-state index contributed by atoms with van der Waals surface area (Å²) in [5.74, 6) is 0.223. The Morgan fingerprint density at radius 3 is 2.62 bits per heavy atom. The maximum absolute atomic E-state index is 13.0. The van der Waals surface area contributed by atoms with Crippen LogP contribution in [0.15, 0.2) is 76.6 Å². The molecular weight excluding hydrogens is 400 g/mol. The Balaban J connectivity index is 1.86. The molecule has 0 saturated heterocycles. The third kappa shape index (κ3) is 5.82. The van der Waals surface area contributed by atoms with Crippen LogP contribution in [0.3, 0.4) is 0 Å². The molecule has 1 heterocycles. The molecular formula is C23H22N2O2S2. The maximum atomic E-state index is 13.0. The van der Waals surface area contributed by atoms with E-state index in [2.05, 4.69) is 17.6 Å². The second-order valence-corrected chi connectivity index (χ2v) is 8.57. The van der Waals surface area contributed by atoms with Gasteiger partial charge in [0.2, 0.25) is 0 Å². The molecule has 0 atom stereocenters. The van der Waals surface area contributed by atoms with Crippen LogP contribution in [-0.4, -0.2) is 17.6 Å². The third-order valence-corrected chi connectivity index (χ3v) is 5.81. The van der Waals surface area contributed by atoms with Gasteiger partial charge in [-0.2, -0.15) is 0 Å². The summed E-state index contributed by atoms with van der Waals surface area (Å²) in [5.41, 5.74) is 2.43. The number of thiophene rings is 1. The summed E-state index contributed by atoms with van der Waals surface area (Å²) in [5, 5.41) is 7.65. The number of amides is 2. The second-order valence-electron chi connectivity index (χ2n) is 6.28. The lowest BCUT2D eigenvalue weighted by molar-refractivity contribution is -0.113. The van der Waals surface area contributed by atoms with E-state index < -0.39 is 0 Å². The van der Waals surface area contributed by atoms with Crippen LogP contribution in [0.5, 0.6) is 0 Å². The molecule has 1 aromatic heterocycles. The van der Waals surface area contributed by atoms with E-state index in [4.69, 9.17) is 0 Å². The van der Waals surface area contributed by atoms with Crippen molar-refractivity contribution < 1.29 is 9.59 Å². The van der Waals surface area contributed by atoms with Crippen molar-refractivity contribution in [3.8, 4) is 0 Å². The Labute approximate surface area is 179 Å². The molecule has 148 valence electrons. The predicted molar refractivity (Wildman–Crippen MR) is 122 cm³/mol. The highest BCUT2D eigenvalue weighted by Gasteiger charge is 2.16. The molecule has 0 saturated carbocycles. The fraction of sp³-hybridized carbons (Fsp3) is 0.130. The van der Waals surface area contributed by atoms with Crippen LogP contribution in [0, 0.1) is 6.92 Å². The lowest BCUT2D eigenvalue weighted by atomic mass is 10.1. The highest BCUT2D eigenvalue weighted by Crippen LogP contribution is 2.27. The molecule has 2 N–H and O–H groups in total. The number of aryl methyl sites for hydroxylation is 1. The minimum atomic E-state index is -0.358. The van der Waals surface area contributed by atoms with Gasteiger partial charge in [0.15, 0.2) is 0 Å². The van der Waals surface area contributed by atoms with E-state index >= 15 is 0 Å². The van der Waals surface area contributed by atoms with Crippen LogP contribution in [0.2, 0.25) is 0 Å². The summed E-state index contributed by atoms with van der Waals surface area (Å²) in [6.45, 7) is 3.99. The minimum absolute atomic E-state index is 0.204. The average Bonchev–Trinajstić information content (AvgIpc) is 3.22. The van der Waals surface area contributed by atoms with Crippen molar-refractivity contribution in [2.24, 2.45) is 0 Å². The first-order valence-corrected chi connectivity index (χ1v) is 11.1. The van der Waals surface area contributed by atoms with Gasteiger partial charge in [-0.15, -0.1) is 23.1 Å². The largest absolute Gasteiger partial charge is 0.320 e. The topological polar surface area (TPSA) is 58.2 Å². The highest BCUT2D eigenvalue weighted by atomic mass is 32.2. The fourth-order valence-corrected chi connectivity index (χ4v) is 4.11. The quantitative estimate of drug-likeness (QED) is 0.386. The summed E-state index contributed by atoms with van der Waals surface area (Å²) in [6, 6.07) is 18.7. The number of para-hydroxylation sites is 1. The van der Waals surface area contributed by atoms with Gasteiger partial charge >= 0.3 is 0 Å². The number of anilines is 1. The van der Waals surface area contributed by atoms with Crippen molar-refractivity contribution in [3.05, 3.63) is 87.7 Å². The molecule has 0 aliphatic rings. The van der Waals surface area contributed by atoms with Crippen LogP contribution >= 0.6 is 23.1 Å². The fourth-order valence-electron chi connectivity index (χ4n) is 2.70. The number of thioether (sulfide) groups is 1. The number of benzene rings is 2. The second kappa shape index (κ2) is 10.1. The lowest BCUT2D eigenvalue weighted by Crippen LogP contribution is -2.30. The van der Waals surface area contributed by atoms with Crippen LogP contribution in [0.25, 0.3) is 6.08 Å². The number of nitrogens with one attached hydrogen (secondary N) is 2. The molecule has 0 fully saturated rings. The molecule has 0 bridgehead atoms. The summed E-state index contributed by atoms with van der Waals surface area (Å²) in [7, 11) is 0. The minimum Gasteiger partial charge on any atom is -0.320 e. The Bertz CT molecular complexity index is 1030. The van der Waals surface area contributed by atoms with Gasteiger partial charge in [-0.05, 0) is 54.5 Å². The molecule has 0 aliphatic carbocycles. The average molecular weight is 423 g/mol. The molecule has 2 aromatic carbocycles. The van der Waals surface area contributed by atoms with Crippen molar-refractivity contribution in [2.75, 3.05) is 11.1 Å². The monoisotopic (exact) mass is 422 g/mol. The van der Waals surface area contributed by atoms with Crippen molar-refractivity contribution in [1.29, 1.82) is 0 Å². The molecule has 0 aliphatic heterocycles. The lowest BCUT2D eigenvalue weighted by Gasteiger charge is -2.13. The first-order valence-electron chi connectivity index (χ1n) is 9.23.